The van der Waals surface area contributed by atoms with Gasteiger partial charge in [-0.15, -0.1) is 0 Å². The number of benzene rings is 1. The van der Waals surface area contributed by atoms with Crippen molar-refractivity contribution in [3.8, 4) is 0 Å². The van der Waals surface area contributed by atoms with Crippen molar-refractivity contribution < 1.29 is 0 Å². The molecule has 0 radical (unpaired) electrons. The van der Waals surface area contributed by atoms with Crippen molar-refractivity contribution in [3.63, 3.8) is 0 Å². The molecule has 1 aromatic rings. The molecule has 3 atom stereocenters. The fourth-order valence-corrected chi connectivity index (χ4v) is 3.32. The largest absolute Gasteiger partial charge is 0.329 e. The molecule has 18 heavy (non-hydrogen) atoms. The second kappa shape index (κ2) is 6.35. The van der Waals surface area contributed by atoms with Crippen LogP contribution in [0, 0.1) is 11.8 Å². The molecule has 0 aliphatic carbocycles. The van der Waals surface area contributed by atoms with E-state index in [4.69, 9.17) is 5.73 Å². The van der Waals surface area contributed by atoms with Gasteiger partial charge >= 0.3 is 0 Å². The average molecular weight is 246 g/mol. The van der Waals surface area contributed by atoms with Gasteiger partial charge in [0.25, 0.3) is 0 Å². The zero-order valence-corrected chi connectivity index (χ0v) is 11.7. The van der Waals surface area contributed by atoms with Crippen LogP contribution in [0.5, 0.6) is 0 Å². The minimum absolute atomic E-state index is 0.574. The number of rotatable bonds is 4. The maximum Gasteiger partial charge on any atom is 0.0244 e. The van der Waals surface area contributed by atoms with Crippen LogP contribution in [-0.4, -0.2) is 30.6 Å². The van der Waals surface area contributed by atoms with Crippen LogP contribution in [0.15, 0.2) is 30.3 Å². The van der Waals surface area contributed by atoms with Crippen molar-refractivity contribution in [2.24, 2.45) is 17.6 Å². The van der Waals surface area contributed by atoms with Crippen LogP contribution in [0.2, 0.25) is 0 Å². The van der Waals surface area contributed by atoms with Gasteiger partial charge in [0.1, 0.15) is 0 Å². The number of likely N-dealkylation sites (tertiary alicyclic amines) is 1. The van der Waals surface area contributed by atoms with Gasteiger partial charge in [0.15, 0.2) is 0 Å². The van der Waals surface area contributed by atoms with Gasteiger partial charge in [0.05, 0.1) is 0 Å². The molecular weight excluding hydrogens is 220 g/mol. The summed E-state index contributed by atoms with van der Waals surface area (Å²) in [4.78, 5) is 2.60. The molecule has 0 amide bonds. The molecule has 2 rings (SSSR count). The molecule has 100 valence electrons. The Kier molecular flexibility index (Phi) is 4.79. The first-order valence-corrected chi connectivity index (χ1v) is 7.18. The topological polar surface area (TPSA) is 29.3 Å². The van der Waals surface area contributed by atoms with E-state index in [0.717, 1.165) is 31.3 Å². The standard InChI is InChI=1S/C16H26N2/c1-13-10-14(2)16(11-17)18(12-13)9-8-15-6-4-3-5-7-15/h3-7,13-14,16H,8-12,17H2,1-2H3. The third kappa shape index (κ3) is 3.33. The van der Waals surface area contributed by atoms with Crippen LogP contribution >= 0.6 is 0 Å². The van der Waals surface area contributed by atoms with E-state index in [1.165, 1.54) is 18.5 Å². The molecule has 0 aromatic heterocycles. The van der Waals surface area contributed by atoms with Crippen LogP contribution < -0.4 is 5.73 Å². The zero-order valence-electron chi connectivity index (χ0n) is 11.7. The Bertz CT molecular complexity index is 349. The van der Waals surface area contributed by atoms with Gasteiger partial charge in [-0.2, -0.15) is 0 Å². The summed E-state index contributed by atoms with van der Waals surface area (Å²) in [5, 5.41) is 0. The van der Waals surface area contributed by atoms with E-state index in [1.807, 2.05) is 0 Å². The molecule has 1 saturated heterocycles. The molecule has 2 nitrogen and oxygen atoms in total. The lowest BCUT2D eigenvalue weighted by Gasteiger charge is -2.42. The van der Waals surface area contributed by atoms with Crippen LogP contribution in [0.4, 0.5) is 0 Å². The summed E-state index contributed by atoms with van der Waals surface area (Å²) >= 11 is 0. The van der Waals surface area contributed by atoms with Crippen LogP contribution in [0.3, 0.4) is 0 Å². The minimum atomic E-state index is 0.574. The Labute approximate surface area is 111 Å². The van der Waals surface area contributed by atoms with E-state index in [1.54, 1.807) is 0 Å². The number of hydrogen-bond donors (Lipinski definition) is 1. The lowest BCUT2D eigenvalue weighted by Crippen LogP contribution is -2.51. The van der Waals surface area contributed by atoms with E-state index in [0.29, 0.717) is 6.04 Å². The van der Waals surface area contributed by atoms with Gasteiger partial charge in [-0.1, -0.05) is 44.2 Å². The molecule has 1 heterocycles. The smallest absolute Gasteiger partial charge is 0.0244 e. The van der Waals surface area contributed by atoms with Gasteiger partial charge in [-0.05, 0) is 30.2 Å². The van der Waals surface area contributed by atoms with Crippen LogP contribution in [0.25, 0.3) is 0 Å². The highest BCUT2D eigenvalue weighted by atomic mass is 15.2. The third-order valence-corrected chi connectivity index (χ3v) is 4.22. The van der Waals surface area contributed by atoms with Gasteiger partial charge in [0, 0.05) is 25.7 Å². The number of hydrogen-bond acceptors (Lipinski definition) is 2. The molecule has 0 spiro atoms. The van der Waals surface area contributed by atoms with E-state index < -0.39 is 0 Å². The Morgan fingerprint density at radius 1 is 1.22 bits per heavy atom. The third-order valence-electron chi connectivity index (χ3n) is 4.22. The summed E-state index contributed by atoms with van der Waals surface area (Å²) in [5.74, 6) is 1.54. The highest BCUT2D eigenvalue weighted by Gasteiger charge is 2.30. The fourth-order valence-electron chi connectivity index (χ4n) is 3.32. The second-order valence-electron chi connectivity index (χ2n) is 5.85. The van der Waals surface area contributed by atoms with Crippen LogP contribution in [0.1, 0.15) is 25.8 Å². The first kappa shape index (κ1) is 13.6. The summed E-state index contributed by atoms with van der Waals surface area (Å²) in [7, 11) is 0. The Morgan fingerprint density at radius 2 is 1.94 bits per heavy atom. The minimum Gasteiger partial charge on any atom is -0.329 e. The normalized spacial score (nSPS) is 29.4. The molecule has 1 aliphatic heterocycles. The van der Waals surface area contributed by atoms with Crippen molar-refractivity contribution in [3.05, 3.63) is 35.9 Å². The average Bonchev–Trinajstić information content (AvgIpc) is 2.37. The number of piperidine rings is 1. The maximum absolute atomic E-state index is 5.96. The summed E-state index contributed by atoms with van der Waals surface area (Å²) < 4.78 is 0. The summed E-state index contributed by atoms with van der Waals surface area (Å²) in [6.07, 6.45) is 2.46. The highest BCUT2D eigenvalue weighted by molar-refractivity contribution is 5.15. The van der Waals surface area contributed by atoms with Crippen molar-refractivity contribution in [1.82, 2.24) is 4.90 Å². The Hall–Kier alpha value is -0.860. The van der Waals surface area contributed by atoms with E-state index >= 15 is 0 Å². The zero-order chi connectivity index (χ0) is 13.0. The van der Waals surface area contributed by atoms with Crippen molar-refractivity contribution in [1.29, 1.82) is 0 Å². The molecular formula is C16H26N2. The quantitative estimate of drug-likeness (QED) is 0.884. The highest BCUT2D eigenvalue weighted by Crippen LogP contribution is 2.26. The lowest BCUT2D eigenvalue weighted by molar-refractivity contribution is 0.0747. The predicted octanol–water partition coefficient (Wildman–Crippen LogP) is 2.53. The Morgan fingerprint density at radius 3 is 2.61 bits per heavy atom. The molecule has 0 saturated carbocycles. The second-order valence-corrected chi connectivity index (χ2v) is 5.85. The number of nitrogens with two attached hydrogens (primary N) is 1. The van der Waals surface area contributed by atoms with E-state index in [9.17, 15) is 0 Å². The Balaban J connectivity index is 1.94. The molecule has 2 N–H and O–H groups in total. The number of nitrogens with zero attached hydrogens (tertiary/aromatic N) is 1. The first-order valence-electron chi connectivity index (χ1n) is 7.18. The van der Waals surface area contributed by atoms with Gasteiger partial charge < -0.3 is 5.73 Å². The molecule has 3 unspecified atom stereocenters. The molecule has 1 aliphatic rings. The summed E-state index contributed by atoms with van der Waals surface area (Å²) in [6, 6.07) is 11.3. The van der Waals surface area contributed by atoms with Crippen molar-refractivity contribution in [2.75, 3.05) is 19.6 Å². The molecule has 1 fully saturated rings. The predicted molar refractivity (Wildman–Crippen MR) is 77.5 cm³/mol. The van der Waals surface area contributed by atoms with Crippen molar-refractivity contribution >= 4 is 0 Å². The van der Waals surface area contributed by atoms with E-state index in [-0.39, 0.29) is 0 Å². The summed E-state index contributed by atoms with van der Waals surface area (Å²) in [6.45, 7) is 7.85. The van der Waals surface area contributed by atoms with Gasteiger partial charge in [-0.25, -0.2) is 0 Å². The van der Waals surface area contributed by atoms with Gasteiger partial charge in [0.2, 0.25) is 0 Å². The SMILES string of the molecule is CC1CC(C)C(CN)N(CCc2ccccc2)C1. The van der Waals surface area contributed by atoms with Gasteiger partial charge in [-0.3, -0.25) is 4.90 Å². The van der Waals surface area contributed by atoms with Crippen LogP contribution in [-0.2, 0) is 6.42 Å². The molecule has 1 aromatic carbocycles. The monoisotopic (exact) mass is 246 g/mol. The summed E-state index contributed by atoms with van der Waals surface area (Å²) in [5.41, 5.74) is 7.39. The van der Waals surface area contributed by atoms with E-state index in [2.05, 4.69) is 49.1 Å². The van der Waals surface area contributed by atoms with Crippen molar-refractivity contribution in [2.45, 2.75) is 32.7 Å². The first-order chi connectivity index (χ1) is 8.70. The lowest BCUT2D eigenvalue weighted by atomic mass is 9.85. The maximum atomic E-state index is 5.96. The molecule has 0 bridgehead atoms. The fraction of sp³-hybridized carbons (Fsp3) is 0.625. The molecule has 2 heteroatoms.